The fourth-order valence-corrected chi connectivity index (χ4v) is 3.48. The normalized spacial score (nSPS) is 11.9. The molecule has 0 spiro atoms. The maximum absolute atomic E-state index is 12.6. The lowest BCUT2D eigenvalue weighted by molar-refractivity contribution is -0.115. The van der Waals surface area contributed by atoms with Crippen LogP contribution in [0.1, 0.15) is 12.5 Å². The zero-order chi connectivity index (χ0) is 19.4. The minimum absolute atomic E-state index is 0.120. The summed E-state index contributed by atoms with van der Waals surface area (Å²) < 4.78 is 7.20. The highest BCUT2D eigenvalue weighted by Gasteiger charge is 2.20. The van der Waals surface area contributed by atoms with Crippen LogP contribution in [-0.2, 0) is 11.8 Å². The molecule has 3 rings (SSSR count). The summed E-state index contributed by atoms with van der Waals surface area (Å²) in [4.78, 5) is 12.6. The predicted molar refractivity (Wildman–Crippen MR) is 108 cm³/mol. The Labute approximate surface area is 163 Å². The highest BCUT2D eigenvalue weighted by atomic mass is 32.2. The number of carbonyl (C=O) groups excluding carboxylic acids is 1. The molecule has 0 saturated carbocycles. The van der Waals surface area contributed by atoms with Gasteiger partial charge in [0, 0.05) is 12.6 Å². The highest BCUT2D eigenvalue weighted by molar-refractivity contribution is 8.00. The molecule has 1 aromatic heterocycles. The molecule has 1 atom stereocenters. The molecule has 0 aliphatic carbocycles. The molecule has 6 nitrogen and oxygen atoms in total. The summed E-state index contributed by atoms with van der Waals surface area (Å²) in [5.74, 6) is 1.29. The Balaban J connectivity index is 1.74. The van der Waals surface area contributed by atoms with Crippen LogP contribution in [0.2, 0.25) is 0 Å². The molecule has 7 heteroatoms. The van der Waals surface area contributed by atoms with Crippen molar-refractivity contribution in [1.29, 1.82) is 0 Å². The zero-order valence-corrected chi connectivity index (χ0v) is 16.6. The number of ether oxygens (including phenoxy) is 1. The highest BCUT2D eigenvalue weighted by Crippen LogP contribution is 2.29. The number of hydrogen-bond acceptors (Lipinski definition) is 5. The fraction of sp³-hybridized carbons (Fsp3) is 0.250. The molecule has 1 unspecified atom stereocenters. The summed E-state index contributed by atoms with van der Waals surface area (Å²) in [7, 11) is 3.49. The average Bonchev–Trinajstić information content (AvgIpc) is 3.03. The van der Waals surface area contributed by atoms with Gasteiger partial charge in [0.25, 0.3) is 0 Å². The molecule has 27 heavy (non-hydrogen) atoms. The fourth-order valence-electron chi connectivity index (χ4n) is 2.67. The minimum atomic E-state index is -0.345. The molecule has 140 valence electrons. The van der Waals surface area contributed by atoms with Gasteiger partial charge in [-0.25, -0.2) is 0 Å². The van der Waals surface area contributed by atoms with E-state index in [4.69, 9.17) is 4.74 Å². The first-order chi connectivity index (χ1) is 13.0. The Morgan fingerprint density at radius 1 is 1.15 bits per heavy atom. The standard InChI is InChI=1S/C20H22N4O2S/c1-13-9-5-6-10-15(13)18-22-23-20(24(18)3)27-14(2)19(25)21-16-11-7-8-12-17(16)26-4/h5-12,14H,1-4H3,(H,21,25). The van der Waals surface area contributed by atoms with Crippen LogP contribution in [0, 0.1) is 6.92 Å². The summed E-state index contributed by atoms with van der Waals surface area (Å²) in [5, 5.41) is 11.8. The van der Waals surface area contributed by atoms with Gasteiger partial charge < -0.3 is 14.6 Å². The van der Waals surface area contributed by atoms with Gasteiger partial charge in [-0.1, -0.05) is 48.2 Å². The van der Waals surface area contributed by atoms with Crippen LogP contribution in [-0.4, -0.2) is 33.0 Å². The molecule has 0 fully saturated rings. The lowest BCUT2D eigenvalue weighted by Gasteiger charge is -2.14. The van der Waals surface area contributed by atoms with Crippen LogP contribution in [0.25, 0.3) is 11.4 Å². The molecular weight excluding hydrogens is 360 g/mol. The lowest BCUT2D eigenvalue weighted by Crippen LogP contribution is -2.23. The Bertz CT molecular complexity index is 955. The molecule has 1 heterocycles. The Morgan fingerprint density at radius 3 is 2.59 bits per heavy atom. The number of carbonyl (C=O) groups is 1. The summed E-state index contributed by atoms with van der Waals surface area (Å²) in [6.45, 7) is 3.89. The molecule has 1 amide bonds. The van der Waals surface area contributed by atoms with Gasteiger partial charge in [0.05, 0.1) is 18.0 Å². The van der Waals surface area contributed by atoms with Gasteiger partial charge in [0.2, 0.25) is 5.91 Å². The van der Waals surface area contributed by atoms with Crippen molar-refractivity contribution in [3.63, 3.8) is 0 Å². The molecule has 2 aromatic carbocycles. The Kier molecular flexibility index (Phi) is 5.81. The Hall–Kier alpha value is -2.80. The van der Waals surface area contributed by atoms with Gasteiger partial charge in [-0.2, -0.15) is 0 Å². The first kappa shape index (κ1) is 19.0. The van der Waals surface area contributed by atoms with Crippen molar-refractivity contribution in [2.45, 2.75) is 24.3 Å². The SMILES string of the molecule is COc1ccccc1NC(=O)C(C)Sc1nnc(-c2ccccc2C)n1C. The van der Waals surface area contributed by atoms with Crippen LogP contribution >= 0.6 is 11.8 Å². The van der Waals surface area contributed by atoms with E-state index in [9.17, 15) is 4.79 Å². The molecular formula is C20H22N4O2S. The van der Waals surface area contributed by atoms with Crippen LogP contribution in [0.5, 0.6) is 5.75 Å². The zero-order valence-electron chi connectivity index (χ0n) is 15.8. The largest absolute Gasteiger partial charge is 0.495 e. The number of anilines is 1. The maximum atomic E-state index is 12.6. The number of aryl methyl sites for hydroxylation is 1. The lowest BCUT2D eigenvalue weighted by atomic mass is 10.1. The van der Waals surface area contributed by atoms with Gasteiger partial charge in [-0.15, -0.1) is 10.2 Å². The van der Waals surface area contributed by atoms with Crippen molar-refractivity contribution in [3.05, 3.63) is 54.1 Å². The van der Waals surface area contributed by atoms with Crippen molar-refractivity contribution in [1.82, 2.24) is 14.8 Å². The molecule has 0 saturated heterocycles. The van der Waals surface area contributed by atoms with Gasteiger partial charge in [0.1, 0.15) is 5.75 Å². The van der Waals surface area contributed by atoms with Crippen LogP contribution in [0.3, 0.4) is 0 Å². The predicted octanol–water partition coefficient (Wildman–Crippen LogP) is 3.92. The molecule has 0 aliphatic heterocycles. The minimum Gasteiger partial charge on any atom is -0.495 e. The molecule has 3 aromatic rings. The van der Waals surface area contributed by atoms with Crippen LogP contribution in [0.15, 0.2) is 53.7 Å². The van der Waals surface area contributed by atoms with Crippen molar-refractivity contribution in [2.24, 2.45) is 7.05 Å². The number of hydrogen-bond donors (Lipinski definition) is 1. The van der Waals surface area contributed by atoms with E-state index >= 15 is 0 Å². The number of thioether (sulfide) groups is 1. The second-order valence-electron chi connectivity index (χ2n) is 6.13. The van der Waals surface area contributed by atoms with E-state index < -0.39 is 0 Å². The molecule has 0 radical (unpaired) electrons. The second-order valence-corrected chi connectivity index (χ2v) is 7.44. The van der Waals surface area contributed by atoms with Crippen molar-refractivity contribution < 1.29 is 9.53 Å². The van der Waals surface area contributed by atoms with Gasteiger partial charge in [0.15, 0.2) is 11.0 Å². The maximum Gasteiger partial charge on any atom is 0.237 e. The number of rotatable bonds is 6. The molecule has 0 aliphatic rings. The summed E-state index contributed by atoms with van der Waals surface area (Å²) in [5.41, 5.74) is 2.81. The van der Waals surface area contributed by atoms with E-state index in [1.54, 1.807) is 7.11 Å². The quantitative estimate of drug-likeness (QED) is 0.655. The smallest absolute Gasteiger partial charge is 0.237 e. The van der Waals surface area contributed by atoms with Gasteiger partial charge in [-0.3, -0.25) is 4.79 Å². The molecule has 1 N–H and O–H groups in total. The third-order valence-corrected chi connectivity index (χ3v) is 5.37. The monoisotopic (exact) mass is 382 g/mol. The number of nitrogens with zero attached hydrogens (tertiary/aromatic N) is 3. The van der Waals surface area contributed by atoms with E-state index in [0.717, 1.165) is 17.0 Å². The van der Waals surface area contributed by atoms with E-state index in [1.165, 1.54) is 11.8 Å². The number of nitrogens with one attached hydrogen (secondary N) is 1. The summed E-state index contributed by atoms with van der Waals surface area (Å²) >= 11 is 1.37. The average molecular weight is 382 g/mol. The topological polar surface area (TPSA) is 69.0 Å². The number of methoxy groups -OCH3 is 1. The summed E-state index contributed by atoms with van der Waals surface area (Å²) in [6.07, 6.45) is 0. The first-order valence-electron chi connectivity index (χ1n) is 8.57. The second kappa shape index (κ2) is 8.26. The van der Waals surface area contributed by atoms with Crippen LogP contribution in [0.4, 0.5) is 5.69 Å². The number of para-hydroxylation sites is 2. The number of amides is 1. The van der Waals surface area contributed by atoms with Crippen molar-refractivity contribution >= 4 is 23.4 Å². The van der Waals surface area contributed by atoms with Crippen molar-refractivity contribution in [2.75, 3.05) is 12.4 Å². The number of aromatic nitrogens is 3. The van der Waals surface area contributed by atoms with Crippen molar-refractivity contribution in [3.8, 4) is 17.1 Å². The number of benzene rings is 2. The third-order valence-electron chi connectivity index (χ3n) is 4.24. The van der Waals surface area contributed by atoms with Gasteiger partial charge in [-0.05, 0) is 31.5 Å². The van der Waals surface area contributed by atoms with Crippen LogP contribution < -0.4 is 10.1 Å². The Morgan fingerprint density at radius 2 is 1.85 bits per heavy atom. The first-order valence-corrected chi connectivity index (χ1v) is 9.45. The third kappa shape index (κ3) is 4.14. The van der Waals surface area contributed by atoms with E-state index in [0.29, 0.717) is 16.6 Å². The van der Waals surface area contributed by atoms with E-state index in [1.807, 2.05) is 74.0 Å². The van der Waals surface area contributed by atoms with Gasteiger partial charge >= 0.3 is 0 Å². The molecule has 0 bridgehead atoms. The van der Waals surface area contributed by atoms with E-state index in [2.05, 4.69) is 15.5 Å². The summed E-state index contributed by atoms with van der Waals surface area (Å²) in [6, 6.07) is 15.4. The van der Waals surface area contributed by atoms with E-state index in [-0.39, 0.29) is 11.2 Å².